The SMILES string of the molecule is CC#CCCC(O)COCC(F)(F)F. The second-order valence-electron chi connectivity index (χ2n) is 2.75. The summed E-state index contributed by atoms with van der Waals surface area (Å²) in [5.74, 6) is 5.32. The van der Waals surface area contributed by atoms with Crippen LogP contribution in [0.5, 0.6) is 0 Å². The van der Waals surface area contributed by atoms with Crippen LogP contribution < -0.4 is 0 Å². The fourth-order valence-corrected chi connectivity index (χ4v) is 0.758. The van der Waals surface area contributed by atoms with Gasteiger partial charge in [0.1, 0.15) is 6.61 Å². The van der Waals surface area contributed by atoms with Crippen molar-refractivity contribution in [2.45, 2.75) is 32.0 Å². The maximum atomic E-state index is 11.6. The molecule has 0 radical (unpaired) electrons. The van der Waals surface area contributed by atoms with Crippen LogP contribution in [0.15, 0.2) is 0 Å². The monoisotopic (exact) mass is 210 g/mol. The average molecular weight is 210 g/mol. The van der Waals surface area contributed by atoms with E-state index in [-0.39, 0.29) is 6.61 Å². The molecule has 0 fully saturated rings. The summed E-state index contributed by atoms with van der Waals surface area (Å²) in [7, 11) is 0. The number of aliphatic hydroxyl groups excluding tert-OH is 1. The molecule has 1 N–H and O–H groups in total. The van der Waals surface area contributed by atoms with Gasteiger partial charge in [0, 0.05) is 6.42 Å². The van der Waals surface area contributed by atoms with Crippen LogP contribution in [0, 0.1) is 11.8 Å². The van der Waals surface area contributed by atoms with Gasteiger partial charge in [0.15, 0.2) is 0 Å². The Balaban J connectivity index is 3.43. The van der Waals surface area contributed by atoms with E-state index in [0.717, 1.165) is 0 Å². The van der Waals surface area contributed by atoms with E-state index in [1.165, 1.54) is 0 Å². The van der Waals surface area contributed by atoms with Gasteiger partial charge < -0.3 is 9.84 Å². The summed E-state index contributed by atoms with van der Waals surface area (Å²) in [6, 6.07) is 0. The Kier molecular flexibility index (Phi) is 6.34. The van der Waals surface area contributed by atoms with E-state index in [1.54, 1.807) is 6.92 Å². The molecule has 0 aromatic rings. The van der Waals surface area contributed by atoms with Crippen molar-refractivity contribution in [1.82, 2.24) is 0 Å². The zero-order valence-corrected chi connectivity index (χ0v) is 7.90. The highest BCUT2D eigenvalue weighted by Crippen LogP contribution is 2.14. The summed E-state index contributed by atoms with van der Waals surface area (Å²) in [6.07, 6.45) is -4.41. The Morgan fingerprint density at radius 2 is 2.07 bits per heavy atom. The number of rotatable bonds is 5. The molecule has 0 heterocycles. The molecule has 0 amide bonds. The Morgan fingerprint density at radius 3 is 2.57 bits per heavy atom. The number of alkyl halides is 3. The maximum Gasteiger partial charge on any atom is 0.411 e. The van der Waals surface area contributed by atoms with Crippen molar-refractivity contribution in [1.29, 1.82) is 0 Å². The lowest BCUT2D eigenvalue weighted by Crippen LogP contribution is -2.22. The lowest BCUT2D eigenvalue weighted by Gasteiger charge is -2.11. The van der Waals surface area contributed by atoms with E-state index in [0.29, 0.717) is 12.8 Å². The van der Waals surface area contributed by atoms with Crippen molar-refractivity contribution < 1.29 is 23.0 Å². The Hall–Kier alpha value is -0.730. The lowest BCUT2D eigenvalue weighted by molar-refractivity contribution is -0.179. The molecule has 0 rings (SSSR count). The van der Waals surface area contributed by atoms with Crippen LogP contribution in [0.3, 0.4) is 0 Å². The largest absolute Gasteiger partial charge is 0.411 e. The zero-order valence-electron chi connectivity index (χ0n) is 7.90. The highest BCUT2D eigenvalue weighted by Gasteiger charge is 2.27. The van der Waals surface area contributed by atoms with Crippen molar-refractivity contribution in [2.24, 2.45) is 0 Å². The van der Waals surface area contributed by atoms with Crippen LogP contribution in [0.4, 0.5) is 13.2 Å². The average Bonchev–Trinajstić information content (AvgIpc) is 2.02. The molecule has 82 valence electrons. The topological polar surface area (TPSA) is 29.5 Å². The first-order valence-corrected chi connectivity index (χ1v) is 4.18. The minimum absolute atomic E-state index is 0.301. The van der Waals surface area contributed by atoms with E-state index in [1.807, 2.05) is 0 Å². The summed E-state index contributed by atoms with van der Waals surface area (Å²) < 4.78 is 39.0. The number of ether oxygens (including phenoxy) is 1. The van der Waals surface area contributed by atoms with Crippen LogP contribution in [0.2, 0.25) is 0 Å². The predicted octanol–water partition coefficient (Wildman–Crippen LogP) is 1.73. The normalized spacial score (nSPS) is 13.2. The minimum Gasteiger partial charge on any atom is -0.391 e. The summed E-state index contributed by atoms with van der Waals surface area (Å²) in [4.78, 5) is 0. The van der Waals surface area contributed by atoms with E-state index in [2.05, 4.69) is 16.6 Å². The third kappa shape index (κ3) is 9.36. The van der Waals surface area contributed by atoms with Crippen LogP contribution in [0.1, 0.15) is 19.8 Å². The first-order chi connectivity index (χ1) is 6.45. The third-order valence-corrected chi connectivity index (χ3v) is 1.36. The Morgan fingerprint density at radius 1 is 1.43 bits per heavy atom. The highest BCUT2D eigenvalue weighted by atomic mass is 19.4. The molecule has 14 heavy (non-hydrogen) atoms. The first kappa shape index (κ1) is 13.3. The molecule has 1 atom stereocenters. The summed E-state index contributed by atoms with van der Waals surface area (Å²) in [6.45, 7) is 0.0426. The smallest absolute Gasteiger partial charge is 0.391 e. The van der Waals surface area contributed by atoms with Crippen molar-refractivity contribution in [3.8, 4) is 11.8 Å². The van der Waals surface area contributed by atoms with Gasteiger partial charge in [-0.2, -0.15) is 13.2 Å². The van der Waals surface area contributed by atoms with Gasteiger partial charge in [-0.1, -0.05) is 0 Å². The van der Waals surface area contributed by atoms with Gasteiger partial charge in [-0.15, -0.1) is 11.8 Å². The van der Waals surface area contributed by atoms with Crippen molar-refractivity contribution in [3.05, 3.63) is 0 Å². The van der Waals surface area contributed by atoms with Gasteiger partial charge >= 0.3 is 6.18 Å². The number of hydrogen-bond donors (Lipinski definition) is 1. The molecule has 0 aromatic carbocycles. The lowest BCUT2D eigenvalue weighted by atomic mass is 10.2. The number of halogens is 3. The maximum absolute atomic E-state index is 11.6. The van der Waals surface area contributed by atoms with Gasteiger partial charge in [-0.3, -0.25) is 0 Å². The second kappa shape index (κ2) is 6.68. The molecule has 2 nitrogen and oxygen atoms in total. The van der Waals surface area contributed by atoms with Crippen LogP contribution >= 0.6 is 0 Å². The molecule has 0 spiro atoms. The van der Waals surface area contributed by atoms with Gasteiger partial charge in [-0.05, 0) is 13.3 Å². The first-order valence-electron chi connectivity index (χ1n) is 4.18. The molecule has 5 heteroatoms. The fraction of sp³-hybridized carbons (Fsp3) is 0.778. The molecular weight excluding hydrogens is 197 g/mol. The molecule has 0 bridgehead atoms. The molecule has 0 saturated heterocycles. The fourth-order valence-electron chi connectivity index (χ4n) is 0.758. The summed E-state index contributed by atoms with van der Waals surface area (Å²) in [5.41, 5.74) is 0. The number of aliphatic hydroxyl groups is 1. The highest BCUT2D eigenvalue weighted by molar-refractivity contribution is 4.94. The predicted molar refractivity (Wildman–Crippen MR) is 45.6 cm³/mol. The standard InChI is InChI=1S/C9H13F3O2/c1-2-3-4-5-8(13)6-14-7-9(10,11)12/h8,13H,4-7H2,1H3. The molecule has 0 aromatic heterocycles. The van der Waals surface area contributed by atoms with E-state index < -0.39 is 18.9 Å². The molecule has 0 aliphatic rings. The number of hydrogen-bond acceptors (Lipinski definition) is 2. The molecule has 0 aliphatic carbocycles. The van der Waals surface area contributed by atoms with Crippen LogP contribution in [0.25, 0.3) is 0 Å². The van der Waals surface area contributed by atoms with Crippen molar-refractivity contribution in [2.75, 3.05) is 13.2 Å². The molecule has 0 aliphatic heterocycles. The van der Waals surface area contributed by atoms with E-state index >= 15 is 0 Å². The summed E-state index contributed by atoms with van der Waals surface area (Å²) in [5, 5.41) is 9.11. The molecule has 0 saturated carbocycles. The third-order valence-electron chi connectivity index (χ3n) is 1.36. The van der Waals surface area contributed by atoms with Gasteiger partial charge in [-0.25, -0.2) is 0 Å². The van der Waals surface area contributed by atoms with Gasteiger partial charge in [0.05, 0.1) is 12.7 Å². The second-order valence-corrected chi connectivity index (χ2v) is 2.75. The molecular formula is C9H13F3O2. The van der Waals surface area contributed by atoms with E-state index in [4.69, 9.17) is 5.11 Å². The van der Waals surface area contributed by atoms with Crippen LogP contribution in [-0.2, 0) is 4.74 Å². The van der Waals surface area contributed by atoms with E-state index in [9.17, 15) is 13.2 Å². The Labute approximate surface area is 81.1 Å². The summed E-state index contributed by atoms with van der Waals surface area (Å²) >= 11 is 0. The van der Waals surface area contributed by atoms with Gasteiger partial charge in [0.25, 0.3) is 0 Å². The zero-order chi connectivity index (χ0) is 11.0. The molecule has 1 unspecified atom stereocenters. The minimum atomic E-state index is -4.33. The van der Waals surface area contributed by atoms with Crippen LogP contribution in [-0.4, -0.2) is 30.6 Å². The van der Waals surface area contributed by atoms with Crippen molar-refractivity contribution >= 4 is 0 Å². The quantitative estimate of drug-likeness (QED) is 0.700. The van der Waals surface area contributed by atoms with Crippen molar-refractivity contribution in [3.63, 3.8) is 0 Å². The Bertz CT molecular complexity index is 202. The van der Waals surface area contributed by atoms with Gasteiger partial charge in [0.2, 0.25) is 0 Å².